The van der Waals surface area contributed by atoms with Crippen LogP contribution in [0.1, 0.15) is 54.0 Å². The van der Waals surface area contributed by atoms with Crippen LogP contribution in [0.25, 0.3) is 22.2 Å². The number of nitrogens with one attached hydrogen (secondary N) is 1. The Hall–Kier alpha value is -3.69. The Bertz CT molecular complexity index is 1410. The van der Waals surface area contributed by atoms with Gasteiger partial charge in [0, 0.05) is 68.9 Å². The number of fused-ring (bicyclic) bond motifs is 2. The minimum atomic E-state index is -2.71. The van der Waals surface area contributed by atoms with E-state index in [1.165, 1.54) is 9.80 Å². The Kier molecular flexibility index (Phi) is 6.00. The standard InChI is InChI=1S/C28H31F2N5O3/c1-17-14-31-25-21(17)13-20(15-32-25)19-11-18-4-8-34(26(36)33-9-5-28(29,30)6-10-33)16-23(18)22(12-19)24-3-2-7-35(24)27(37)38/h11-15,24H,2-10,16H2,1H3,(H,31,32)(H,37,38). The Morgan fingerprint density at radius 2 is 1.87 bits per heavy atom. The molecule has 200 valence electrons. The van der Waals surface area contributed by atoms with Gasteiger partial charge in [0.05, 0.1) is 6.04 Å². The lowest BCUT2D eigenvalue weighted by Crippen LogP contribution is -2.50. The van der Waals surface area contributed by atoms with E-state index in [1.807, 2.05) is 19.3 Å². The van der Waals surface area contributed by atoms with Crippen LogP contribution in [-0.4, -0.2) is 74.0 Å². The molecule has 0 aliphatic carbocycles. The molecule has 5 heterocycles. The number of likely N-dealkylation sites (tertiary alicyclic amines) is 2. The van der Waals surface area contributed by atoms with Crippen LogP contribution in [0.15, 0.2) is 30.6 Å². The second kappa shape index (κ2) is 9.25. The van der Waals surface area contributed by atoms with E-state index in [9.17, 15) is 23.5 Å². The van der Waals surface area contributed by atoms with Gasteiger partial charge in [-0.15, -0.1) is 0 Å². The number of aromatic amines is 1. The molecule has 2 N–H and O–H groups in total. The number of rotatable bonds is 2. The number of pyridine rings is 1. The molecule has 1 atom stereocenters. The summed E-state index contributed by atoms with van der Waals surface area (Å²) in [4.78, 5) is 37.9. The second-order valence-electron chi connectivity index (χ2n) is 10.7. The van der Waals surface area contributed by atoms with E-state index in [-0.39, 0.29) is 38.0 Å². The van der Waals surface area contributed by atoms with E-state index in [4.69, 9.17) is 0 Å². The second-order valence-corrected chi connectivity index (χ2v) is 10.7. The highest BCUT2D eigenvalue weighted by molar-refractivity contribution is 5.85. The topological polar surface area (TPSA) is 92.8 Å². The van der Waals surface area contributed by atoms with Crippen molar-refractivity contribution in [2.24, 2.45) is 0 Å². The SMILES string of the molecule is Cc1c[nH]c2ncc(-c3cc4c(c(C5CCCN5C(=O)O)c3)CN(C(=O)N3CCC(F)(F)CC3)CC4)cc12. The molecule has 10 heteroatoms. The first-order valence-electron chi connectivity index (χ1n) is 13.2. The van der Waals surface area contributed by atoms with Gasteiger partial charge in [-0.2, -0.15) is 0 Å². The van der Waals surface area contributed by atoms with Gasteiger partial charge < -0.3 is 24.8 Å². The molecular formula is C28H31F2N5O3. The number of alkyl halides is 2. The van der Waals surface area contributed by atoms with Crippen molar-refractivity contribution < 1.29 is 23.5 Å². The third kappa shape index (κ3) is 4.35. The van der Waals surface area contributed by atoms with Crippen LogP contribution in [0.5, 0.6) is 0 Å². The van der Waals surface area contributed by atoms with E-state index in [2.05, 4.69) is 28.2 Å². The fourth-order valence-electron chi connectivity index (χ4n) is 6.16. The molecule has 2 aromatic heterocycles. The largest absolute Gasteiger partial charge is 0.465 e. The van der Waals surface area contributed by atoms with Gasteiger partial charge in [0.1, 0.15) is 5.65 Å². The van der Waals surface area contributed by atoms with Crippen LogP contribution in [-0.2, 0) is 13.0 Å². The van der Waals surface area contributed by atoms with Gasteiger partial charge in [-0.05, 0) is 66.1 Å². The normalized spacial score (nSPS) is 21.1. The van der Waals surface area contributed by atoms with Crippen LogP contribution < -0.4 is 0 Å². The molecule has 3 aliphatic rings. The van der Waals surface area contributed by atoms with E-state index >= 15 is 0 Å². The lowest BCUT2D eigenvalue weighted by Gasteiger charge is -2.38. The van der Waals surface area contributed by atoms with Crippen molar-refractivity contribution in [1.29, 1.82) is 0 Å². The van der Waals surface area contributed by atoms with Crippen molar-refractivity contribution in [2.45, 2.75) is 57.5 Å². The Morgan fingerprint density at radius 1 is 1.08 bits per heavy atom. The zero-order valence-electron chi connectivity index (χ0n) is 21.3. The predicted molar refractivity (Wildman–Crippen MR) is 138 cm³/mol. The Morgan fingerprint density at radius 3 is 2.63 bits per heavy atom. The summed E-state index contributed by atoms with van der Waals surface area (Å²) in [6, 6.07) is 5.78. The van der Waals surface area contributed by atoms with Crippen LogP contribution >= 0.6 is 0 Å². The van der Waals surface area contributed by atoms with Crippen LogP contribution in [0.4, 0.5) is 18.4 Å². The summed E-state index contributed by atoms with van der Waals surface area (Å²) in [6.07, 6.45) is 4.29. The number of aryl methyl sites for hydroxylation is 1. The summed E-state index contributed by atoms with van der Waals surface area (Å²) in [5.41, 5.74) is 6.84. The first-order valence-corrected chi connectivity index (χ1v) is 13.2. The first-order chi connectivity index (χ1) is 18.2. The van der Waals surface area contributed by atoms with E-state index in [1.54, 1.807) is 4.90 Å². The molecular weight excluding hydrogens is 492 g/mol. The fourth-order valence-corrected chi connectivity index (χ4v) is 6.16. The number of halogens is 2. The highest BCUT2D eigenvalue weighted by Gasteiger charge is 2.38. The molecule has 2 saturated heterocycles. The number of piperidine rings is 1. The lowest BCUT2D eigenvalue weighted by atomic mass is 9.87. The average molecular weight is 524 g/mol. The van der Waals surface area contributed by atoms with Crippen LogP contribution in [0.2, 0.25) is 0 Å². The number of carboxylic acid groups (broad SMARTS) is 1. The van der Waals surface area contributed by atoms with Crippen molar-refractivity contribution in [3.63, 3.8) is 0 Å². The molecule has 0 radical (unpaired) electrons. The number of nitrogens with zero attached hydrogens (tertiary/aromatic N) is 4. The monoisotopic (exact) mass is 523 g/mol. The Labute approximate surface area is 219 Å². The number of hydrogen-bond acceptors (Lipinski definition) is 3. The van der Waals surface area contributed by atoms with Crippen molar-refractivity contribution in [1.82, 2.24) is 24.7 Å². The minimum absolute atomic E-state index is 0.0461. The summed E-state index contributed by atoms with van der Waals surface area (Å²) >= 11 is 0. The van der Waals surface area contributed by atoms with Gasteiger partial charge >= 0.3 is 12.1 Å². The highest BCUT2D eigenvalue weighted by atomic mass is 19.3. The molecule has 2 fully saturated rings. The molecule has 38 heavy (non-hydrogen) atoms. The molecule has 0 bridgehead atoms. The summed E-state index contributed by atoms with van der Waals surface area (Å²) in [5, 5.41) is 10.9. The van der Waals surface area contributed by atoms with Gasteiger partial charge in [0.25, 0.3) is 5.92 Å². The first kappa shape index (κ1) is 24.6. The minimum Gasteiger partial charge on any atom is -0.465 e. The molecule has 8 nitrogen and oxygen atoms in total. The number of amides is 3. The van der Waals surface area contributed by atoms with Gasteiger partial charge in [-0.1, -0.05) is 6.07 Å². The number of hydrogen-bond donors (Lipinski definition) is 2. The van der Waals surface area contributed by atoms with Gasteiger partial charge in [-0.3, -0.25) is 0 Å². The third-order valence-corrected chi connectivity index (χ3v) is 8.34. The molecule has 0 spiro atoms. The third-order valence-electron chi connectivity index (χ3n) is 8.34. The predicted octanol–water partition coefficient (Wildman–Crippen LogP) is 5.56. The van der Waals surface area contributed by atoms with Crippen molar-refractivity contribution in [2.75, 3.05) is 26.2 Å². The zero-order chi connectivity index (χ0) is 26.6. The van der Waals surface area contributed by atoms with E-state index < -0.39 is 12.0 Å². The number of carbonyl (C=O) groups is 2. The molecule has 1 aromatic carbocycles. The maximum absolute atomic E-state index is 13.7. The van der Waals surface area contributed by atoms with E-state index in [0.29, 0.717) is 32.5 Å². The van der Waals surface area contributed by atoms with E-state index in [0.717, 1.165) is 50.8 Å². The molecule has 3 aliphatic heterocycles. The Balaban J connectivity index is 1.37. The maximum Gasteiger partial charge on any atom is 0.407 e. The molecule has 3 aromatic rings. The highest BCUT2D eigenvalue weighted by Crippen LogP contribution is 2.40. The van der Waals surface area contributed by atoms with Crippen LogP contribution in [0.3, 0.4) is 0 Å². The van der Waals surface area contributed by atoms with Gasteiger partial charge in [0.2, 0.25) is 0 Å². The van der Waals surface area contributed by atoms with Crippen molar-refractivity contribution in [3.8, 4) is 11.1 Å². The van der Waals surface area contributed by atoms with Crippen molar-refractivity contribution >= 4 is 23.2 Å². The fraction of sp³-hybridized carbons (Fsp3) is 0.464. The van der Waals surface area contributed by atoms with Crippen LogP contribution in [0, 0.1) is 6.92 Å². The quantitative estimate of drug-likeness (QED) is 0.460. The average Bonchev–Trinajstić information content (AvgIpc) is 3.54. The summed E-state index contributed by atoms with van der Waals surface area (Å²) in [5.74, 6) is -2.71. The zero-order valence-corrected chi connectivity index (χ0v) is 21.3. The number of carbonyl (C=O) groups excluding carboxylic acids is 1. The maximum atomic E-state index is 13.7. The molecule has 3 amide bonds. The molecule has 0 saturated carbocycles. The van der Waals surface area contributed by atoms with Gasteiger partial charge in [0.15, 0.2) is 0 Å². The lowest BCUT2D eigenvalue weighted by molar-refractivity contribution is -0.0493. The van der Waals surface area contributed by atoms with Crippen molar-refractivity contribution in [3.05, 3.63) is 52.8 Å². The summed E-state index contributed by atoms with van der Waals surface area (Å²) in [7, 11) is 0. The molecule has 1 unspecified atom stereocenters. The number of H-pyrrole nitrogens is 1. The summed E-state index contributed by atoms with van der Waals surface area (Å²) < 4.78 is 27.3. The number of urea groups is 1. The summed E-state index contributed by atoms with van der Waals surface area (Å²) in [6.45, 7) is 3.42. The molecule has 6 rings (SSSR count). The smallest absolute Gasteiger partial charge is 0.407 e. The number of aromatic nitrogens is 2. The van der Waals surface area contributed by atoms with Gasteiger partial charge in [-0.25, -0.2) is 23.4 Å². The number of benzene rings is 1.